The van der Waals surface area contributed by atoms with Gasteiger partial charge in [0.1, 0.15) is 0 Å². The van der Waals surface area contributed by atoms with Crippen LogP contribution in [-0.2, 0) is 20.8 Å². The summed E-state index contributed by atoms with van der Waals surface area (Å²) in [5, 5.41) is 11.5. The predicted octanol–water partition coefficient (Wildman–Crippen LogP) is 1.89. The van der Waals surface area contributed by atoms with E-state index in [1.54, 1.807) is 12.1 Å². The van der Waals surface area contributed by atoms with Crippen LogP contribution in [0.1, 0.15) is 39.2 Å². The third-order valence-corrected chi connectivity index (χ3v) is 3.01. The molecule has 0 aromatic heterocycles. The molecule has 24 heavy (non-hydrogen) atoms. The number of nitrogens with one attached hydrogen (secondary N) is 1. The number of esters is 2. The maximum atomic E-state index is 11.3. The van der Waals surface area contributed by atoms with Crippen LogP contribution in [0.3, 0.4) is 0 Å². The molecule has 1 atom stereocenters. The van der Waals surface area contributed by atoms with Crippen LogP contribution in [0.4, 0.5) is 0 Å². The number of ether oxygens (including phenoxy) is 2. The number of nitrogens with zero attached hydrogens (tertiary/aromatic N) is 1. The number of benzene rings is 1. The summed E-state index contributed by atoms with van der Waals surface area (Å²) in [6.07, 6.45) is 1.27. The first-order chi connectivity index (χ1) is 11.3. The molecule has 0 fully saturated rings. The fraction of sp³-hybridized carbons (Fsp3) is 0.412. The zero-order valence-corrected chi connectivity index (χ0v) is 13.9. The summed E-state index contributed by atoms with van der Waals surface area (Å²) in [5.74, 6) is -0.967. The fourth-order valence-corrected chi connectivity index (χ4v) is 2.19. The van der Waals surface area contributed by atoms with Crippen LogP contribution in [0.5, 0.6) is 11.5 Å². The van der Waals surface area contributed by atoms with Gasteiger partial charge < -0.3 is 14.8 Å². The standard InChI is InChI=1S/C17H20N2O5/c1-11(20)19-15(5-4-8-18)9-14-6-7-16(23-12(2)21)17(10-14)24-13(3)22/h6-7,10,15H,4-5,9H2,1-3H3,(H,19,20)/t15-/m1/s1. The number of carbonyl (C=O) groups is 3. The molecule has 7 heteroatoms. The zero-order valence-electron chi connectivity index (χ0n) is 13.9. The van der Waals surface area contributed by atoms with Crippen molar-refractivity contribution in [1.82, 2.24) is 5.32 Å². The van der Waals surface area contributed by atoms with Gasteiger partial charge in [0.2, 0.25) is 5.91 Å². The molecule has 0 bridgehead atoms. The molecule has 0 aliphatic rings. The van der Waals surface area contributed by atoms with Crippen molar-refractivity contribution in [3.8, 4) is 17.6 Å². The lowest BCUT2D eigenvalue weighted by Gasteiger charge is -2.17. The highest BCUT2D eigenvalue weighted by Crippen LogP contribution is 2.29. The van der Waals surface area contributed by atoms with Crippen molar-refractivity contribution in [2.24, 2.45) is 0 Å². The Morgan fingerprint density at radius 2 is 1.75 bits per heavy atom. The normalized spacial score (nSPS) is 11.1. The molecular formula is C17H20N2O5. The minimum atomic E-state index is -0.538. The van der Waals surface area contributed by atoms with Crippen molar-refractivity contribution in [3.63, 3.8) is 0 Å². The smallest absolute Gasteiger partial charge is 0.308 e. The number of hydrogen-bond donors (Lipinski definition) is 1. The van der Waals surface area contributed by atoms with Gasteiger partial charge in [-0.3, -0.25) is 14.4 Å². The van der Waals surface area contributed by atoms with Crippen molar-refractivity contribution < 1.29 is 23.9 Å². The maximum Gasteiger partial charge on any atom is 0.308 e. The van der Waals surface area contributed by atoms with Crippen LogP contribution < -0.4 is 14.8 Å². The van der Waals surface area contributed by atoms with Crippen molar-refractivity contribution in [3.05, 3.63) is 23.8 Å². The van der Waals surface area contributed by atoms with E-state index in [0.29, 0.717) is 19.3 Å². The molecule has 0 aliphatic carbocycles. The minimum Gasteiger partial charge on any atom is -0.423 e. The van der Waals surface area contributed by atoms with Gasteiger partial charge in [0, 0.05) is 33.2 Å². The Kier molecular flexibility index (Phi) is 7.43. The molecule has 1 N–H and O–H groups in total. The monoisotopic (exact) mass is 332 g/mol. The summed E-state index contributed by atoms with van der Waals surface area (Å²) >= 11 is 0. The highest BCUT2D eigenvalue weighted by molar-refractivity contribution is 5.74. The largest absolute Gasteiger partial charge is 0.423 e. The summed E-state index contributed by atoms with van der Waals surface area (Å²) in [4.78, 5) is 33.6. The minimum absolute atomic E-state index is 0.136. The molecule has 0 spiro atoms. The van der Waals surface area contributed by atoms with E-state index in [2.05, 4.69) is 5.32 Å². The van der Waals surface area contributed by atoms with Gasteiger partial charge in [0.25, 0.3) is 0 Å². The highest BCUT2D eigenvalue weighted by Gasteiger charge is 2.15. The molecule has 128 valence electrons. The van der Waals surface area contributed by atoms with Gasteiger partial charge >= 0.3 is 11.9 Å². The third kappa shape index (κ3) is 6.92. The second-order valence-corrected chi connectivity index (χ2v) is 5.27. The Morgan fingerprint density at radius 1 is 1.12 bits per heavy atom. The van der Waals surface area contributed by atoms with Crippen LogP contribution in [-0.4, -0.2) is 23.9 Å². The number of amides is 1. The molecule has 7 nitrogen and oxygen atoms in total. The topological polar surface area (TPSA) is 105 Å². The molecule has 0 saturated carbocycles. The first-order valence-corrected chi connectivity index (χ1v) is 7.45. The molecule has 1 amide bonds. The van der Waals surface area contributed by atoms with E-state index in [4.69, 9.17) is 14.7 Å². The van der Waals surface area contributed by atoms with Gasteiger partial charge in [0.05, 0.1) is 6.07 Å². The van der Waals surface area contributed by atoms with Crippen LogP contribution >= 0.6 is 0 Å². The molecular weight excluding hydrogens is 312 g/mol. The van der Waals surface area contributed by atoms with E-state index in [-0.39, 0.29) is 23.4 Å². The molecule has 0 heterocycles. The highest BCUT2D eigenvalue weighted by atomic mass is 16.6. The van der Waals surface area contributed by atoms with Gasteiger partial charge in [-0.15, -0.1) is 0 Å². The summed E-state index contributed by atoms with van der Waals surface area (Å²) in [6, 6.07) is 6.66. The molecule has 0 radical (unpaired) electrons. The number of nitriles is 1. The number of carbonyl (C=O) groups excluding carboxylic acids is 3. The molecule has 1 aromatic rings. The lowest BCUT2D eigenvalue weighted by atomic mass is 10.0. The Balaban J connectivity index is 3.00. The number of rotatable bonds is 7. The zero-order chi connectivity index (χ0) is 18.1. The van der Waals surface area contributed by atoms with Gasteiger partial charge in [-0.25, -0.2) is 0 Å². The fourth-order valence-electron chi connectivity index (χ4n) is 2.19. The van der Waals surface area contributed by atoms with Crippen LogP contribution in [0, 0.1) is 11.3 Å². The molecule has 1 rings (SSSR count). The lowest BCUT2D eigenvalue weighted by Crippen LogP contribution is -2.34. The van der Waals surface area contributed by atoms with Gasteiger partial charge in [0.15, 0.2) is 11.5 Å². The van der Waals surface area contributed by atoms with Crippen LogP contribution in [0.25, 0.3) is 0 Å². The summed E-state index contributed by atoms with van der Waals surface area (Å²) < 4.78 is 10.1. The second-order valence-electron chi connectivity index (χ2n) is 5.27. The second kappa shape index (κ2) is 9.30. The maximum absolute atomic E-state index is 11.3. The molecule has 1 aromatic carbocycles. The average Bonchev–Trinajstić information content (AvgIpc) is 2.46. The van der Waals surface area contributed by atoms with Crippen molar-refractivity contribution in [1.29, 1.82) is 5.26 Å². The SMILES string of the molecule is CC(=O)N[C@H](CCC#N)Cc1ccc(OC(C)=O)c(OC(C)=O)c1. The first kappa shape index (κ1) is 19.2. The Bertz CT molecular complexity index is 663. The van der Waals surface area contributed by atoms with E-state index in [0.717, 1.165) is 5.56 Å². The van der Waals surface area contributed by atoms with Crippen molar-refractivity contribution in [2.75, 3.05) is 0 Å². The summed E-state index contributed by atoms with van der Waals surface area (Å²) in [5.41, 5.74) is 0.777. The first-order valence-electron chi connectivity index (χ1n) is 7.45. The Hall–Kier alpha value is -2.88. The van der Waals surface area contributed by atoms with E-state index < -0.39 is 11.9 Å². The Morgan fingerprint density at radius 3 is 2.29 bits per heavy atom. The van der Waals surface area contributed by atoms with Crippen LogP contribution in [0.15, 0.2) is 18.2 Å². The van der Waals surface area contributed by atoms with Crippen LogP contribution in [0.2, 0.25) is 0 Å². The van der Waals surface area contributed by atoms with Gasteiger partial charge in [-0.2, -0.15) is 5.26 Å². The lowest BCUT2D eigenvalue weighted by molar-refractivity contribution is -0.134. The molecule has 0 saturated heterocycles. The van der Waals surface area contributed by atoms with E-state index in [9.17, 15) is 14.4 Å². The van der Waals surface area contributed by atoms with E-state index in [1.165, 1.54) is 26.8 Å². The van der Waals surface area contributed by atoms with Gasteiger partial charge in [-0.1, -0.05) is 6.07 Å². The van der Waals surface area contributed by atoms with Crippen molar-refractivity contribution in [2.45, 2.75) is 46.1 Å². The quantitative estimate of drug-likeness (QED) is 0.604. The summed E-state index contributed by atoms with van der Waals surface area (Å²) in [6.45, 7) is 3.91. The Labute approximate surface area is 140 Å². The molecule has 0 aliphatic heterocycles. The third-order valence-electron chi connectivity index (χ3n) is 3.01. The predicted molar refractivity (Wildman–Crippen MR) is 85.2 cm³/mol. The van der Waals surface area contributed by atoms with E-state index >= 15 is 0 Å². The summed E-state index contributed by atoms with van der Waals surface area (Å²) in [7, 11) is 0. The van der Waals surface area contributed by atoms with E-state index in [1.807, 2.05) is 6.07 Å². The number of hydrogen-bond acceptors (Lipinski definition) is 6. The van der Waals surface area contributed by atoms with Gasteiger partial charge in [-0.05, 0) is 30.5 Å². The van der Waals surface area contributed by atoms with Crippen molar-refractivity contribution >= 4 is 17.8 Å². The average molecular weight is 332 g/mol. The molecule has 0 unspecified atom stereocenters.